The molecule has 1 aromatic carbocycles. The minimum atomic E-state index is -0.162. The van der Waals surface area contributed by atoms with Gasteiger partial charge in [0.2, 0.25) is 0 Å². The summed E-state index contributed by atoms with van der Waals surface area (Å²) in [5.41, 5.74) is 1.66. The number of benzene rings is 1. The molecular formula is C13H13IN2O2S. The molecule has 4 nitrogen and oxygen atoms in total. The molecule has 2 rings (SSSR count). The van der Waals surface area contributed by atoms with E-state index in [0.29, 0.717) is 10.7 Å². The predicted octanol–water partition coefficient (Wildman–Crippen LogP) is 3.05. The highest BCUT2D eigenvalue weighted by atomic mass is 127. The molecule has 19 heavy (non-hydrogen) atoms. The minimum absolute atomic E-state index is 0.162. The first kappa shape index (κ1) is 14.4. The number of aryl methyl sites for hydroxylation is 1. The Labute approximate surface area is 129 Å². The zero-order chi connectivity index (χ0) is 13.8. The van der Waals surface area contributed by atoms with Crippen molar-refractivity contribution in [2.24, 2.45) is 0 Å². The van der Waals surface area contributed by atoms with Crippen LogP contribution < -0.4 is 10.3 Å². The second-order valence-corrected chi connectivity index (χ2v) is 5.94. The molecule has 0 atom stereocenters. The average Bonchev–Trinajstić information content (AvgIpc) is 2.42. The maximum atomic E-state index is 11.5. The quantitative estimate of drug-likeness (QED) is 0.459. The normalized spacial score (nSPS) is 10.5. The minimum Gasteiger partial charge on any atom is -0.497 e. The van der Waals surface area contributed by atoms with Gasteiger partial charge in [-0.15, -0.1) is 0 Å². The summed E-state index contributed by atoms with van der Waals surface area (Å²) in [6, 6.07) is 7.87. The van der Waals surface area contributed by atoms with Gasteiger partial charge < -0.3 is 4.74 Å². The van der Waals surface area contributed by atoms with Gasteiger partial charge in [0.15, 0.2) is 5.16 Å². The molecular weight excluding hydrogens is 375 g/mol. The van der Waals surface area contributed by atoms with Gasteiger partial charge in [0.05, 0.1) is 30.0 Å². The Kier molecular flexibility index (Phi) is 4.87. The molecule has 6 heteroatoms. The van der Waals surface area contributed by atoms with Crippen LogP contribution in [0.2, 0.25) is 0 Å². The number of ether oxygens (including phenoxy) is 1. The number of methoxy groups -OCH3 is 1. The number of rotatable bonds is 4. The van der Waals surface area contributed by atoms with E-state index in [4.69, 9.17) is 4.74 Å². The summed E-state index contributed by atoms with van der Waals surface area (Å²) in [4.78, 5) is 15.6. The van der Waals surface area contributed by atoms with Gasteiger partial charge in [-0.2, -0.15) is 4.98 Å². The van der Waals surface area contributed by atoms with Gasteiger partial charge >= 0.3 is 0 Å². The van der Waals surface area contributed by atoms with Crippen LogP contribution in [0, 0.1) is 6.92 Å². The van der Waals surface area contributed by atoms with Gasteiger partial charge in [-0.25, -0.2) is 0 Å². The average molecular weight is 388 g/mol. The summed E-state index contributed by atoms with van der Waals surface area (Å²) >= 11 is 3.67. The molecule has 1 heterocycles. The summed E-state index contributed by atoms with van der Waals surface area (Å²) in [5, 5.41) is 0.715. The van der Waals surface area contributed by atoms with Gasteiger partial charge in [-0.1, -0.05) is 23.9 Å². The van der Waals surface area contributed by atoms with E-state index in [9.17, 15) is 4.79 Å². The first-order valence-corrected chi connectivity index (χ1v) is 7.57. The summed E-state index contributed by atoms with van der Waals surface area (Å²) in [6.45, 7) is 1.77. The fourth-order valence-corrected chi connectivity index (χ4v) is 3.22. The predicted molar refractivity (Wildman–Crippen MR) is 85.2 cm³/mol. The van der Waals surface area contributed by atoms with Gasteiger partial charge in [-0.05, 0) is 24.6 Å². The van der Waals surface area contributed by atoms with Gasteiger partial charge in [0, 0.05) is 17.5 Å². The fraction of sp³-hybridized carbons (Fsp3) is 0.231. The van der Waals surface area contributed by atoms with E-state index in [2.05, 4.69) is 27.8 Å². The molecule has 1 aromatic heterocycles. The lowest BCUT2D eigenvalue weighted by molar-refractivity contribution is 0.414. The molecule has 0 saturated carbocycles. The maximum absolute atomic E-state index is 11.5. The molecule has 0 aliphatic carbocycles. The number of thioether (sulfide) groups is 1. The maximum Gasteiger partial charge on any atom is 0.276 e. The topological polar surface area (TPSA) is 44.1 Å². The third-order valence-corrected chi connectivity index (χ3v) is 4.64. The zero-order valence-electron chi connectivity index (χ0n) is 10.6. The lowest BCUT2D eigenvalue weighted by Crippen LogP contribution is -2.13. The SMILES string of the molecule is COc1ccc(CSc2nc(=O)c(C)cn2I)cc1. The molecule has 0 amide bonds. The van der Waals surface area contributed by atoms with Crippen LogP contribution in [-0.4, -0.2) is 14.9 Å². The van der Waals surface area contributed by atoms with Crippen molar-refractivity contribution in [2.45, 2.75) is 17.8 Å². The molecule has 0 aliphatic heterocycles. The Morgan fingerprint density at radius 1 is 1.37 bits per heavy atom. The van der Waals surface area contributed by atoms with Gasteiger partial charge in [-0.3, -0.25) is 7.58 Å². The summed E-state index contributed by atoms with van der Waals surface area (Å²) < 4.78 is 6.96. The summed E-state index contributed by atoms with van der Waals surface area (Å²) in [7, 11) is 1.65. The van der Waals surface area contributed by atoms with Crippen LogP contribution in [-0.2, 0) is 5.75 Å². The Hall–Kier alpha value is -1.02. The Morgan fingerprint density at radius 3 is 2.68 bits per heavy atom. The molecule has 0 aliphatic rings. The van der Waals surface area contributed by atoms with Crippen molar-refractivity contribution >= 4 is 34.6 Å². The number of halogens is 1. The van der Waals surface area contributed by atoms with Crippen molar-refractivity contribution in [1.29, 1.82) is 0 Å². The van der Waals surface area contributed by atoms with Gasteiger partial charge in [0.25, 0.3) is 5.56 Å². The largest absolute Gasteiger partial charge is 0.497 e. The lowest BCUT2D eigenvalue weighted by atomic mass is 10.2. The fourth-order valence-electron chi connectivity index (χ4n) is 1.47. The van der Waals surface area contributed by atoms with E-state index in [1.807, 2.05) is 27.0 Å². The van der Waals surface area contributed by atoms with Crippen LogP contribution in [0.25, 0.3) is 0 Å². The van der Waals surface area contributed by atoms with Crippen molar-refractivity contribution in [2.75, 3.05) is 7.11 Å². The number of hydrogen-bond acceptors (Lipinski definition) is 4. The molecule has 0 spiro atoms. The zero-order valence-corrected chi connectivity index (χ0v) is 13.6. The number of aromatic nitrogens is 2. The van der Waals surface area contributed by atoms with E-state index in [-0.39, 0.29) is 5.56 Å². The van der Waals surface area contributed by atoms with E-state index in [1.54, 1.807) is 32.0 Å². The molecule has 2 aromatic rings. The second kappa shape index (κ2) is 6.42. The van der Waals surface area contributed by atoms with Crippen molar-refractivity contribution < 1.29 is 4.74 Å². The highest BCUT2D eigenvalue weighted by molar-refractivity contribution is 14.1. The van der Waals surface area contributed by atoms with Crippen LogP contribution >= 0.6 is 34.6 Å². The van der Waals surface area contributed by atoms with Crippen LogP contribution in [0.5, 0.6) is 5.75 Å². The molecule has 0 saturated heterocycles. The van der Waals surface area contributed by atoms with Crippen LogP contribution in [0.15, 0.2) is 40.4 Å². The highest BCUT2D eigenvalue weighted by Gasteiger charge is 2.05. The smallest absolute Gasteiger partial charge is 0.276 e. The standard InChI is InChI=1S/C13H13IN2O2S/c1-9-7-16(14)13(15-12(9)17)19-8-10-3-5-11(18-2)6-4-10/h3-7H,8H2,1-2H3. The summed E-state index contributed by atoms with van der Waals surface area (Å²) in [6.07, 6.45) is 1.80. The van der Waals surface area contributed by atoms with E-state index < -0.39 is 0 Å². The molecule has 0 bridgehead atoms. The number of nitrogens with zero attached hydrogens (tertiary/aromatic N) is 2. The molecule has 0 N–H and O–H groups in total. The van der Waals surface area contributed by atoms with Crippen molar-refractivity contribution in [1.82, 2.24) is 7.76 Å². The Morgan fingerprint density at radius 2 is 2.05 bits per heavy atom. The lowest BCUT2D eigenvalue weighted by Gasteiger charge is -2.06. The number of hydrogen-bond donors (Lipinski definition) is 0. The van der Waals surface area contributed by atoms with Crippen LogP contribution in [0.3, 0.4) is 0 Å². The van der Waals surface area contributed by atoms with Crippen molar-refractivity contribution in [3.63, 3.8) is 0 Å². The van der Waals surface area contributed by atoms with Gasteiger partial charge in [0.1, 0.15) is 5.75 Å². The monoisotopic (exact) mass is 388 g/mol. The van der Waals surface area contributed by atoms with E-state index >= 15 is 0 Å². The molecule has 100 valence electrons. The Bertz CT molecular complexity index is 626. The first-order valence-electron chi connectivity index (χ1n) is 5.62. The van der Waals surface area contributed by atoms with E-state index in [0.717, 1.165) is 17.1 Å². The second-order valence-electron chi connectivity index (χ2n) is 3.96. The third-order valence-electron chi connectivity index (χ3n) is 2.55. The molecule has 0 radical (unpaired) electrons. The van der Waals surface area contributed by atoms with Crippen LogP contribution in [0.1, 0.15) is 11.1 Å². The molecule has 0 fully saturated rings. The Balaban J connectivity index is 2.09. The molecule has 0 unspecified atom stereocenters. The third kappa shape index (κ3) is 3.73. The van der Waals surface area contributed by atoms with Crippen molar-refractivity contribution in [3.8, 4) is 5.75 Å². The summed E-state index contributed by atoms with van der Waals surface area (Å²) in [5.74, 6) is 1.61. The first-order chi connectivity index (χ1) is 9.10. The van der Waals surface area contributed by atoms with Crippen LogP contribution in [0.4, 0.5) is 0 Å². The van der Waals surface area contributed by atoms with Crippen molar-refractivity contribution in [3.05, 3.63) is 51.9 Å². The van der Waals surface area contributed by atoms with E-state index in [1.165, 1.54) is 0 Å². The highest BCUT2D eigenvalue weighted by Crippen LogP contribution is 2.23.